The minimum atomic E-state index is -0.528. The van der Waals surface area contributed by atoms with Crippen LogP contribution < -0.4 is 5.32 Å². The van der Waals surface area contributed by atoms with Crippen molar-refractivity contribution in [2.45, 2.75) is 32.2 Å². The fourth-order valence-corrected chi connectivity index (χ4v) is 1.92. The van der Waals surface area contributed by atoms with Gasteiger partial charge in [-0.2, -0.15) is 0 Å². The largest absolute Gasteiger partial charge is 0.336 e. The van der Waals surface area contributed by atoms with Crippen molar-refractivity contribution in [3.05, 3.63) is 33.4 Å². The first kappa shape index (κ1) is 14.0. The molecule has 0 aliphatic carbocycles. The Bertz CT molecular complexity index is 427. The number of amides is 1. The summed E-state index contributed by atoms with van der Waals surface area (Å²) < 4.78 is 1.10. The van der Waals surface area contributed by atoms with Crippen LogP contribution in [0, 0.1) is 15.9 Å². The third kappa shape index (κ3) is 3.47. The predicted molar refractivity (Wildman–Crippen MR) is 78.8 cm³/mol. The van der Waals surface area contributed by atoms with Gasteiger partial charge in [0.05, 0.1) is 0 Å². The second-order valence-electron chi connectivity index (χ2n) is 3.89. The van der Waals surface area contributed by atoms with Crippen molar-refractivity contribution in [3.8, 4) is 12.3 Å². The molecule has 0 spiro atoms. The van der Waals surface area contributed by atoms with E-state index in [1.54, 1.807) is 0 Å². The molecule has 2 nitrogen and oxygen atoms in total. The molecule has 0 fully saturated rings. The highest BCUT2D eigenvalue weighted by molar-refractivity contribution is 14.1. The standard InChI is InChI=1S/C14H16INO/c1-4-14(5-2,6-3)16-13(17)11-7-9-12(15)10-8-11/h1,7-10H,5-6H2,2-3H3,(H,16,17). The van der Waals surface area contributed by atoms with Crippen molar-refractivity contribution < 1.29 is 4.79 Å². The molecule has 0 radical (unpaired) electrons. The summed E-state index contributed by atoms with van der Waals surface area (Å²) in [4.78, 5) is 12.0. The van der Waals surface area contributed by atoms with Gasteiger partial charge in [0.1, 0.15) is 5.54 Å². The molecule has 90 valence electrons. The van der Waals surface area contributed by atoms with Gasteiger partial charge in [-0.1, -0.05) is 19.8 Å². The molecule has 1 aromatic carbocycles. The maximum absolute atomic E-state index is 12.0. The lowest BCUT2D eigenvalue weighted by Gasteiger charge is -2.27. The number of benzene rings is 1. The quantitative estimate of drug-likeness (QED) is 0.661. The van der Waals surface area contributed by atoms with Crippen LogP contribution in [0.2, 0.25) is 0 Å². The van der Waals surface area contributed by atoms with Crippen LogP contribution in [0.4, 0.5) is 0 Å². The third-order valence-corrected chi connectivity index (χ3v) is 3.66. The van der Waals surface area contributed by atoms with Crippen LogP contribution in [0.15, 0.2) is 24.3 Å². The molecule has 1 amide bonds. The fraction of sp³-hybridized carbons (Fsp3) is 0.357. The molecule has 3 heteroatoms. The average molecular weight is 341 g/mol. The number of halogens is 1. The molecule has 1 aromatic rings. The Morgan fingerprint density at radius 2 is 1.88 bits per heavy atom. The van der Waals surface area contributed by atoms with Crippen LogP contribution >= 0.6 is 22.6 Å². The van der Waals surface area contributed by atoms with E-state index in [-0.39, 0.29) is 5.91 Å². The van der Waals surface area contributed by atoms with Crippen molar-refractivity contribution in [1.82, 2.24) is 5.32 Å². The van der Waals surface area contributed by atoms with E-state index in [1.807, 2.05) is 38.1 Å². The Labute approximate surface area is 116 Å². The average Bonchev–Trinajstić information content (AvgIpc) is 2.37. The molecule has 0 heterocycles. The van der Waals surface area contributed by atoms with Gasteiger partial charge in [0, 0.05) is 9.13 Å². The second-order valence-corrected chi connectivity index (χ2v) is 5.14. The van der Waals surface area contributed by atoms with Gasteiger partial charge in [0.25, 0.3) is 5.91 Å². The predicted octanol–water partition coefficient (Wildman–Crippen LogP) is 3.21. The van der Waals surface area contributed by atoms with Gasteiger partial charge in [-0.25, -0.2) is 0 Å². The fourth-order valence-electron chi connectivity index (χ4n) is 1.56. The maximum Gasteiger partial charge on any atom is 0.252 e. The lowest BCUT2D eigenvalue weighted by molar-refractivity contribution is 0.0916. The molecule has 0 bridgehead atoms. The smallest absolute Gasteiger partial charge is 0.252 e. The third-order valence-electron chi connectivity index (χ3n) is 2.94. The van der Waals surface area contributed by atoms with Crippen molar-refractivity contribution in [1.29, 1.82) is 0 Å². The lowest BCUT2D eigenvalue weighted by atomic mass is 9.93. The Balaban J connectivity index is 2.85. The van der Waals surface area contributed by atoms with Gasteiger partial charge in [0.15, 0.2) is 0 Å². The maximum atomic E-state index is 12.0. The van der Waals surface area contributed by atoms with E-state index in [9.17, 15) is 4.79 Å². The van der Waals surface area contributed by atoms with E-state index in [0.29, 0.717) is 5.56 Å². The SMILES string of the molecule is C#CC(CC)(CC)NC(=O)c1ccc(I)cc1. The normalized spacial score (nSPS) is 10.7. The van der Waals surface area contributed by atoms with Crippen LogP contribution in [0.5, 0.6) is 0 Å². The summed E-state index contributed by atoms with van der Waals surface area (Å²) in [6, 6.07) is 7.43. The number of carbonyl (C=O) groups excluding carboxylic acids is 1. The van der Waals surface area contributed by atoms with Crippen molar-refractivity contribution in [2.24, 2.45) is 0 Å². The zero-order valence-electron chi connectivity index (χ0n) is 10.1. The molecular weight excluding hydrogens is 325 g/mol. The Morgan fingerprint density at radius 1 is 1.35 bits per heavy atom. The first-order valence-corrected chi connectivity index (χ1v) is 6.70. The van der Waals surface area contributed by atoms with Crippen molar-refractivity contribution in [2.75, 3.05) is 0 Å². The minimum Gasteiger partial charge on any atom is -0.336 e. The minimum absolute atomic E-state index is 0.108. The monoisotopic (exact) mass is 341 g/mol. The number of rotatable bonds is 4. The van der Waals surface area contributed by atoms with Crippen LogP contribution in [-0.4, -0.2) is 11.4 Å². The summed E-state index contributed by atoms with van der Waals surface area (Å²) in [5.41, 5.74) is 0.118. The molecule has 0 aromatic heterocycles. The lowest BCUT2D eigenvalue weighted by Crippen LogP contribution is -2.46. The van der Waals surface area contributed by atoms with E-state index in [4.69, 9.17) is 6.42 Å². The summed E-state index contributed by atoms with van der Waals surface area (Å²) in [5, 5.41) is 2.94. The molecule has 1 rings (SSSR count). The summed E-state index contributed by atoms with van der Waals surface area (Å²) in [6.07, 6.45) is 6.98. The number of carbonyl (C=O) groups is 1. The zero-order chi connectivity index (χ0) is 12.9. The Morgan fingerprint density at radius 3 is 2.29 bits per heavy atom. The summed E-state index contributed by atoms with van der Waals surface area (Å²) >= 11 is 2.21. The molecule has 0 saturated carbocycles. The van der Waals surface area contributed by atoms with E-state index in [2.05, 4.69) is 33.8 Å². The van der Waals surface area contributed by atoms with Gasteiger partial charge >= 0.3 is 0 Å². The first-order chi connectivity index (χ1) is 8.06. The van der Waals surface area contributed by atoms with Crippen LogP contribution in [0.25, 0.3) is 0 Å². The highest BCUT2D eigenvalue weighted by atomic mass is 127. The van der Waals surface area contributed by atoms with E-state index < -0.39 is 5.54 Å². The molecule has 1 N–H and O–H groups in total. The number of terminal acetylenes is 1. The molecule has 0 aliphatic heterocycles. The van der Waals surface area contributed by atoms with Crippen LogP contribution in [0.1, 0.15) is 37.0 Å². The van der Waals surface area contributed by atoms with Gasteiger partial charge < -0.3 is 5.32 Å². The Kier molecular flexibility index (Phi) is 5.01. The number of hydrogen-bond acceptors (Lipinski definition) is 1. The summed E-state index contributed by atoms with van der Waals surface area (Å²) in [6.45, 7) is 3.97. The van der Waals surface area contributed by atoms with E-state index in [1.165, 1.54) is 0 Å². The second kappa shape index (κ2) is 6.06. The van der Waals surface area contributed by atoms with Gasteiger partial charge in [-0.05, 0) is 59.7 Å². The molecule has 0 atom stereocenters. The topological polar surface area (TPSA) is 29.1 Å². The number of nitrogens with one attached hydrogen (secondary N) is 1. The zero-order valence-corrected chi connectivity index (χ0v) is 12.2. The summed E-state index contributed by atoms with van der Waals surface area (Å²) in [7, 11) is 0. The summed E-state index contributed by atoms with van der Waals surface area (Å²) in [5.74, 6) is 2.59. The highest BCUT2D eigenvalue weighted by Crippen LogP contribution is 2.15. The van der Waals surface area contributed by atoms with Gasteiger partial charge in [-0.15, -0.1) is 6.42 Å². The van der Waals surface area contributed by atoms with Gasteiger partial charge in [-0.3, -0.25) is 4.79 Å². The molecular formula is C14H16INO. The highest BCUT2D eigenvalue weighted by Gasteiger charge is 2.25. The number of hydrogen-bond donors (Lipinski definition) is 1. The van der Waals surface area contributed by atoms with E-state index >= 15 is 0 Å². The van der Waals surface area contributed by atoms with E-state index in [0.717, 1.165) is 16.4 Å². The molecule has 0 unspecified atom stereocenters. The molecule has 0 aliphatic rings. The van der Waals surface area contributed by atoms with Crippen molar-refractivity contribution >= 4 is 28.5 Å². The first-order valence-electron chi connectivity index (χ1n) is 5.62. The van der Waals surface area contributed by atoms with Gasteiger partial charge in [0.2, 0.25) is 0 Å². The van der Waals surface area contributed by atoms with Crippen LogP contribution in [-0.2, 0) is 0 Å². The van der Waals surface area contributed by atoms with Crippen LogP contribution in [0.3, 0.4) is 0 Å². The Hall–Kier alpha value is -1.02. The van der Waals surface area contributed by atoms with Crippen molar-refractivity contribution in [3.63, 3.8) is 0 Å². The molecule has 0 saturated heterocycles. The molecule has 17 heavy (non-hydrogen) atoms.